The van der Waals surface area contributed by atoms with Gasteiger partial charge in [0.15, 0.2) is 5.96 Å². The van der Waals surface area contributed by atoms with Gasteiger partial charge in [0.1, 0.15) is 5.75 Å². The molecule has 2 rings (SSSR count). The number of ether oxygens (including phenoxy) is 1. The number of anilines is 1. The van der Waals surface area contributed by atoms with E-state index in [-0.39, 0.29) is 26.6 Å². The fraction of sp³-hybridized carbons (Fsp3) is 0.125. The van der Waals surface area contributed by atoms with Crippen LogP contribution in [0.1, 0.15) is 10.4 Å². The van der Waals surface area contributed by atoms with Crippen molar-refractivity contribution >= 4 is 37.8 Å². The summed E-state index contributed by atoms with van der Waals surface area (Å²) in [6, 6.07) is 10.7. The highest BCUT2D eigenvalue weighted by Crippen LogP contribution is 2.21. The topological polar surface area (TPSA) is 169 Å². The van der Waals surface area contributed by atoms with Crippen LogP contribution in [0.4, 0.5) is 5.69 Å². The average molecular weight is 442 g/mol. The zero-order valence-electron chi connectivity index (χ0n) is 15.3. The van der Waals surface area contributed by atoms with Crippen LogP contribution in [-0.2, 0) is 24.4 Å². The summed E-state index contributed by atoms with van der Waals surface area (Å²) in [5.41, 5.74) is 5.95. The second-order valence-electron chi connectivity index (χ2n) is 5.67. The number of hydrogen-bond acceptors (Lipinski definition) is 8. The number of hydrogen-bond donors (Lipinski definition) is 3. The van der Waals surface area contributed by atoms with Crippen LogP contribution < -0.4 is 15.8 Å². The lowest BCUT2D eigenvalue weighted by atomic mass is 10.2. The third kappa shape index (κ3) is 6.25. The molecule has 0 aliphatic rings. The zero-order chi connectivity index (χ0) is 21.8. The molecule has 0 spiro atoms. The molecule has 0 saturated carbocycles. The smallest absolute Gasteiger partial charge is 0.343 e. The lowest BCUT2D eigenvalue weighted by molar-refractivity contribution is 0.0731. The maximum absolute atomic E-state index is 12.3. The second-order valence-corrected chi connectivity index (χ2v) is 9.16. The molecule has 0 atom stereocenters. The summed E-state index contributed by atoms with van der Waals surface area (Å²) >= 11 is 0. The predicted molar refractivity (Wildman–Crippen MR) is 104 cm³/mol. The van der Waals surface area contributed by atoms with E-state index < -0.39 is 26.1 Å². The van der Waals surface area contributed by atoms with Crippen molar-refractivity contribution in [1.82, 2.24) is 4.47 Å². The first-order valence-electron chi connectivity index (χ1n) is 7.80. The molecule has 0 saturated heterocycles. The van der Waals surface area contributed by atoms with Crippen LogP contribution in [0, 0.1) is 5.41 Å². The molecule has 0 unspecified atom stereocenters. The number of nitrogens with one attached hydrogen (secondary N) is 2. The van der Waals surface area contributed by atoms with Crippen molar-refractivity contribution in [2.24, 2.45) is 5.73 Å². The van der Waals surface area contributed by atoms with Crippen molar-refractivity contribution in [2.75, 3.05) is 18.6 Å². The zero-order valence-corrected chi connectivity index (χ0v) is 17.0. The molecule has 0 amide bonds. The number of rotatable bonds is 7. The Morgan fingerprint density at radius 1 is 1.03 bits per heavy atom. The summed E-state index contributed by atoms with van der Waals surface area (Å²) in [6.07, 6.45) is 0.713. The molecule has 13 heteroatoms. The van der Waals surface area contributed by atoms with Crippen molar-refractivity contribution < 1.29 is 30.7 Å². The third-order valence-corrected chi connectivity index (χ3v) is 5.52. The summed E-state index contributed by atoms with van der Waals surface area (Å²) in [6.45, 7) is 0. The van der Waals surface area contributed by atoms with E-state index >= 15 is 0 Å². The van der Waals surface area contributed by atoms with Gasteiger partial charge in [-0.05, 0) is 48.5 Å². The molecule has 0 aliphatic carbocycles. The van der Waals surface area contributed by atoms with Crippen molar-refractivity contribution in [3.63, 3.8) is 0 Å². The Balaban J connectivity index is 2.10. The van der Waals surface area contributed by atoms with Crippen molar-refractivity contribution in [3.05, 3.63) is 54.1 Å². The monoisotopic (exact) mass is 442 g/mol. The summed E-state index contributed by atoms with van der Waals surface area (Å²) < 4.78 is 56.5. The lowest BCUT2D eigenvalue weighted by Gasteiger charge is -2.15. The molecule has 11 nitrogen and oxygen atoms in total. The van der Waals surface area contributed by atoms with Gasteiger partial charge in [-0.15, -0.1) is 0 Å². The number of nitrogens with two attached hydrogens (primary N) is 1. The molecule has 156 valence electrons. The van der Waals surface area contributed by atoms with Gasteiger partial charge in [0, 0.05) is 12.7 Å². The second kappa shape index (κ2) is 8.57. The molecule has 2 aromatic rings. The molecule has 0 aromatic heterocycles. The van der Waals surface area contributed by atoms with Crippen molar-refractivity contribution in [2.45, 2.75) is 4.90 Å². The van der Waals surface area contributed by atoms with E-state index in [0.717, 1.165) is 19.2 Å². The van der Waals surface area contributed by atoms with E-state index in [0.29, 0.717) is 11.9 Å². The van der Waals surface area contributed by atoms with E-state index in [1.807, 2.05) is 0 Å². The minimum atomic E-state index is -4.23. The van der Waals surface area contributed by atoms with Gasteiger partial charge < -0.3 is 15.8 Å². The average Bonchev–Trinajstić information content (AvgIpc) is 2.60. The first-order valence-corrected chi connectivity index (χ1v) is 11.1. The highest BCUT2D eigenvalue weighted by atomic mass is 32.2. The molecular formula is C16H18N4O7S2. The van der Waals surface area contributed by atoms with E-state index in [2.05, 4.69) is 9.60 Å². The number of nitrogens with zero attached hydrogens (tertiary/aromatic N) is 1. The van der Waals surface area contributed by atoms with Gasteiger partial charge in [0.25, 0.3) is 20.1 Å². The fourth-order valence-corrected chi connectivity index (χ4v) is 3.88. The molecule has 0 radical (unpaired) electrons. The number of carbonyl (C=O) groups excluding carboxylic acids is 1. The fourth-order valence-electron chi connectivity index (χ4n) is 2.07. The number of hydroxylamine groups is 1. The van der Waals surface area contributed by atoms with Gasteiger partial charge in [-0.2, -0.15) is 12.7 Å². The Kier molecular flexibility index (Phi) is 6.58. The number of esters is 1. The van der Waals surface area contributed by atoms with E-state index in [1.165, 1.54) is 36.4 Å². The Labute approximate surface area is 167 Å². The van der Waals surface area contributed by atoms with Crippen molar-refractivity contribution in [1.29, 1.82) is 5.41 Å². The number of carbonyl (C=O) groups is 1. The highest BCUT2D eigenvalue weighted by Gasteiger charge is 2.25. The van der Waals surface area contributed by atoms with Crippen LogP contribution in [0.15, 0.2) is 53.4 Å². The van der Waals surface area contributed by atoms with Crippen LogP contribution in [-0.4, -0.2) is 46.5 Å². The van der Waals surface area contributed by atoms with Gasteiger partial charge in [0.2, 0.25) is 0 Å². The van der Waals surface area contributed by atoms with Gasteiger partial charge in [-0.25, -0.2) is 13.2 Å². The van der Waals surface area contributed by atoms with Crippen LogP contribution in [0.2, 0.25) is 0 Å². The number of benzene rings is 2. The van der Waals surface area contributed by atoms with Crippen molar-refractivity contribution in [3.8, 4) is 5.75 Å². The summed E-state index contributed by atoms with van der Waals surface area (Å²) in [7, 11) is -7.31. The largest absolute Gasteiger partial charge is 0.423 e. The lowest BCUT2D eigenvalue weighted by Crippen LogP contribution is -2.29. The van der Waals surface area contributed by atoms with E-state index in [9.17, 15) is 21.6 Å². The van der Waals surface area contributed by atoms with Gasteiger partial charge >= 0.3 is 5.97 Å². The maximum Gasteiger partial charge on any atom is 0.343 e. The summed E-state index contributed by atoms with van der Waals surface area (Å²) in [5, 5.41) is 9.70. The quantitative estimate of drug-likeness (QED) is 0.184. The first kappa shape index (κ1) is 22.3. The normalized spacial score (nSPS) is 11.8. The SMILES string of the molecule is CN(OS(C)(=O)=O)S(=O)(=O)c1ccc(OC(=O)c2ccc(NC(=N)N)cc2)cc1. The summed E-state index contributed by atoms with van der Waals surface area (Å²) in [5.74, 6) is -0.859. The standard InChI is InChI=1S/C16H18N4O7S2/c1-20(27-28(2,22)23)29(24,25)14-9-7-13(8-10-14)26-15(21)11-3-5-12(6-4-11)19-16(17)18/h3-10H,1-2H3,(H4,17,18,19). The molecule has 0 fully saturated rings. The molecular weight excluding hydrogens is 424 g/mol. The van der Waals surface area contributed by atoms with Crippen LogP contribution in [0.5, 0.6) is 5.75 Å². The highest BCUT2D eigenvalue weighted by molar-refractivity contribution is 7.90. The molecule has 4 N–H and O–H groups in total. The Bertz CT molecular complexity index is 1110. The minimum Gasteiger partial charge on any atom is -0.423 e. The van der Waals surface area contributed by atoms with Gasteiger partial charge in [-0.3, -0.25) is 5.41 Å². The van der Waals surface area contributed by atoms with Crippen LogP contribution in [0.3, 0.4) is 0 Å². The molecule has 0 bridgehead atoms. The Morgan fingerprint density at radius 3 is 2.07 bits per heavy atom. The maximum atomic E-state index is 12.3. The summed E-state index contributed by atoms with van der Waals surface area (Å²) in [4.78, 5) is 11.9. The molecule has 0 heterocycles. The third-order valence-electron chi connectivity index (χ3n) is 3.31. The van der Waals surface area contributed by atoms with Gasteiger partial charge in [-0.1, -0.05) is 4.47 Å². The molecule has 29 heavy (non-hydrogen) atoms. The number of sulfonamides is 1. The van der Waals surface area contributed by atoms with Gasteiger partial charge in [0.05, 0.1) is 16.7 Å². The Hall–Kier alpha value is -3.00. The number of guanidine groups is 1. The van der Waals surface area contributed by atoms with Crippen LogP contribution >= 0.6 is 0 Å². The molecule has 2 aromatic carbocycles. The first-order chi connectivity index (χ1) is 13.4. The minimum absolute atomic E-state index is 0.0755. The van der Waals surface area contributed by atoms with Crippen LogP contribution in [0.25, 0.3) is 0 Å². The van der Waals surface area contributed by atoms with E-state index in [4.69, 9.17) is 15.9 Å². The van der Waals surface area contributed by atoms with E-state index in [1.54, 1.807) is 0 Å². The predicted octanol–water partition coefficient (Wildman–Crippen LogP) is 0.723. The Morgan fingerprint density at radius 2 is 1.59 bits per heavy atom. The molecule has 0 aliphatic heterocycles.